The van der Waals surface area contributed by atoms with Crippen molar-refractivity contribution in [3.05, 3.63) is 35.7 Å². The van der Waals surface area contributed by atoms with Crippen LogP contribution in [0.2, 0.25) is 0 Å². The molecule has 1 aromatic heterocycles. The third-order valence-corrected chi connectivity index (χ3v) is 5.99. The normalized spacial score (nSPS) is 21.6. The van der Waals surface area contributed by atoms with Gasteiger partial charge in [-0.2, -0.15) is 4.68 Å². The van der Waals surface area contributed by atoms with Crippen molar-refractivity contribution in [1.29, 1.82) is 0 Å². The molecular formula is C18H22N4O3S. The summed E-state index contributed by atoms with van der Waals surface area (Å²) in [6.45, 7) is 4.96. The number of aromatic nitrogens is 3. The first-order chi connectivity index (χ1) is 12.7. The van der Waals surface area contributed by atoms with E-state index in [0.717, 1.165) is 30.8 Å². The molecule has 2 aromatic rings. The third-order valence-electron chi connectivity index (χ3n) is 4.81. The minimum absolute atomic E-state index is 0.00418. The molecule has 0 spiro atoms. The molecule has 0 aliphatic carbocycles. The molecule has 138 valence electrons. The number of benzene rings is 1. The lowest BCUT2D eigenvalue weighted by molar-refractivity contribution is 0.0152. The van der Waals surface area contributed by atoms with Crippen LogP contribution >= 0.6 is 11.8 Å². The number of ether oxygens (including phenoxy) is 2. The van der Waals surface area contributed by atoms with Crippen LogP contribution in [-0.4, -0.2) is 64.2 Å². The van der Waals surface area contributed by atoms with E-state index >= 15 is 0 Å². The Kier molecular flexibility index (Phi) is 4.97. The number of rotatable bonds is 5. The van der Waals surface area contributed by atoms with E-state index in [1.807, 2.05) is 31.2 Å². The Morgan fingerprint density at radius 1 is 1.31 bits per heavy atom. The monoisotopic (exact) mass is 374 g/mol. The number of hydrogen-bond acceptors (Lipinski definition) is 7. The maximum Gasteiger partial charge on any atom is 0.264 e. The highest BCUT2D eigenvalue weighted by Gasteiger charge is 2.43. The molecule has 0 bridgehead atoms. The van der Waals surface area contributed by atoms with Crippen molar-refractivity contribution in [3.8, 4) is 5.75 Å². The molecule has 0 N–H and O–H groups in total. The second kappa shape index (κ2) is 7.38. The fraction of sp³-hybridized carbons (Fsp3) is 0.500. The number of thioether (sulfide) groups is 1. The van der Waals surface area contributed by atoms with Crippen molar-refractivity contribution in [2.24, 2.45) is 0 Å². The molecule has 1 fully saturated rings. The summed E-state index contributed by atoms with van der Waals surface area (Å²) < 4.78 is 12.3. The molecule has 2 atom stereocenters. The van der Waals surface area contributed by atoms with Crippen LogP contribution in [0.4, 0.5) is 0 Å². The van der Waals surface area contributed by atoms with Gasteiger partial charge in [-0.05, 0) is 17.7 Å². The molecule has 4 rings (SSSR count). The molecule has 8 heteroatoms. The maximum atomic E-state index is 13.1. The molecule has 0 amide bonds. The number of fused-ring (bicyclic) bond motifs is 1. The Morgan fingerprint density at radius 3 is 2.65 bits per heavy atom. The Balaban J connectivity index is 1.66. The zero-order chi connectivity index (χ0) is 18.1. The fourth-order valence-electron chi connectivity index (χ4n) is 3.43. The van der Waals surface area contributed by atoms with Crippen molar-refractivity contribution in [2.45, 2.75) is 29.8 Å². The number of carbonyl (C=O) groups excluding carboxylic acids is 1. The van der Waals surface area contributed by atoms with Crippen LogP contribution in [0.3, 0.4) is 0 Å². The number of aryl methyl sites for hydroxylation is 1. The molecule has 2 aliphatic heterocycles. The van der Waals surface area contributed by atoms with Gasteiger partial charge in [0, 0.05) is 19.5 Å². The number of hydrogen-bond donors (Lipinski definition) is 0. The summed E-state index contributed by atoms with van der Waals surface area (Å²) in [6, 6.07) is 7.92. The van der Waals surface area contributed by atoms with Gasteiger partial charge in [0.1, 0.15) is 11.0 Å². The van der Waals surface area contributed by atoms with Gasteiger partial charge >= 0.3 is 0 Å². The summed E-state index contributed by atoms with van der Waals surface area (Å²) in [5, 5.41) is 4.80. The van der Waals surface area contributed by atoms with Gasteiger partial charge in [-0.3, -0.25) is 9.69 Å². The second-order valence-corrected chi connectivity index (χ2v) is 7.43. The first-order valence-corrected chi connectivity index (χ1v) is 9.71. The van der Waals surface area contributed by atoms with Gasteiger partial charge < -0.3 is 9.47 Å². The van der Waals surface area contributed by atoms with Gasteiger partial charge in [-0.15, -0.1) is 5.10 Å². The summed E-state index contributed by atoms with van der Waals surface area (Å²) >= 11 is 1.51. The minimum Gasteiger partial charge on any atom is -0.497 e. The summed E-state index contributed by atoms with van der Waals surface area (Å²) in [5.74, 6) is 1.53. The number of methoxy groups -OCH3 is 1. The Labute approximate surface area is 156 Å². The van der Waals surface area contributed by atoms with Crippen molar-refractivity contribution in [3.63, 3.8) is 0 Å². The molecule has 2 unspecified atom stereocenters. The highest BCUT2D eigenvalue weighted by Crippen LogP contribution is 2.41. The largest absolute Gasteiger partial charge is 0.497 e. The second-order valence-electron chi connectivity index (χ2n) is 6.32. The average Bonchev–Trinajstić information content (AvgIpc) is 3.23. The lowest BCUT2D eigenvalue weighted by atomic mass is 10.0. The predicted molar refractivity (Wildman–Crippen MR) is 97.8 cm³/mol. The highest BCUT2D eigenvalue weighted by molar-refractivity contribution is 8.00. The molecule has 1 saturated heterocycles. The van der Waals surface area contributed by atoms with Crippen LogP contribution in [0, 0.1) is 0 Å². The van der Waals surface area contributed by atoms with Gasteiger partial charge in [-0.1, -0.05) is 30.8 Å². The van der Waals surface area contributed by atoms with E-state index in [1.54, 1.807) is 7.11 Å². The van der Waals surface area contributed by atoms with Crippen LogP contribution in [0.15, 0.2) is 29.4 Å². The van der Waals surface area contributed by atoms with E-state index in [9.17, 15) is 4.79 Å². The molecule has 26 heavy (non-hydrogen) atoms. The number of carbonyl (C=O) groups is 1. The topological polar surface area (TPSA) is 69.5 Å². The zero-order valence-electron chi connectivity index (χ0n) is 14.9. The van der Waals surface area contributed by atoms with Gasteiger partial charge in [0.15, 0.2) is 11.0 Å². The Morgan fingerprint density at radius 2 is 2.04 bits per heavy atom. The molecule has 0 radical (unpaired) electrons. The van der Waals surface area contributed by atoms with Gasteiger partial charge in [0.05, 0.1) is 26.4 Å². The molecule has 7 nitrogen and oxygen atoms in total. The first-order valence-electron chi connectivity index (χ1n) is 8.84. The average molecular weight is 374 g/mol. The molecule has 3 heterocycles. The van der Waals surface area contributed by atoms with Gasteiger partial charge in [0.25, 0.3) is 5.91 Å². The molecule has 1 aromatic carbocycles. The summed E-state index contributed by atoms with van der Waals surface area (Å²) in [4.78, 5) is 19.9. The van der Waals surface area contributed by atoms with Crippen molar-refractivity contribution in [2.75, 3.05) is 33.4 Å². The summed E-state index contributed by atoms with van der Waals surface area (Å²) in [6.07, 6.45) is 0.726. The smallest absolute Gasteiger partial charge is 0.264 e. The first kappa shape index (κ1) is 17.5. The fourth-order valence-corrected chi connectivity index (χ4v) is 4.70. The highest BCUT2D eigenvalue weighted by atomic mass is 32.2. The van der Waals surface area contributed by atoms with Crippen LogP contribution in [-0.2, 0) is 11.2 Å². The standard InChI is InChI=1S/C18H22N4O3S/c1-3-14-19-18-22(20-14)17(23)16(26-18)15(21-8-10-25-11-9-21)12-4-6-13(24-2)7-5-12/h4-7,15-16H,3,8-11H2,1-2H3. The van der Waals surface area contributed by atoms with Crippen molar-refractivity contribution >= 4 is 17.7 Å². The summed E-state index contributed by atoms with van der Waals surface area (Å²) in [5.41, 5.74) is 1.10. The quantitative estimate of drug-likeness (QED) is 0.793. The lowest BCUT2D eigenvalue weighted by Gasteiger charge is -2.36. The van der Waals surface area contributed by atoms with Crippen molar-refractivity contribution < 1.29 is 14.3 Å². The van der Waals surface area contributed by atoms with E-state index in [0.29, 0.717) is 24.2 Å². The SMILES string of the molecule is CCc1nc2n(n1)C(=O)C(C(c1ccc(OC)cc1)N1CCOCC1)S2. The Hall–Kier alpha value is -1.90. The van der Waals surface area contributed by atoms with Crippen LogP contribution in [0.5, 0.6) is 5.75 Å². The zero-order valence-corrected chi connectivity index (χ0v) is 15.7. The van der Waals surface area contributed by atoms with E-state index < -0.39 is 0 Å². The van der Waals surface area contributed by atoms with Crippen LogP contribution < -0.4 is 4.74 Å². The summed E-state index contributed by atoms with van der Waals surface area (Å²) in [7, 11) is 1.65. The minimum atomic E-state index is -0.262. The van der Waals surface area contributed by atoms with Gasteiger partial charge in [-0.25, -0.2) is 4.98 Å². The molecule has 2 aliphatic rings. The number of nitrogens with zero attached hydrogens (tertiary/aromatic N) is 4. The van der Waals surface area contributed by atoms with Crippen LogP contribution in [0.1, 0.15) is 29.1 Å². The van der Waals surface area contributed by atoms with Gasteiger partial charge in [0.2, 0.25) is 0 Å². The Bertz CT molecular complexity index is 786. The third kappa shape index (κ3) is 3.13. The maximum absolute atomic E-state index is 13.1. The van der Waals surface area contributed by atoms with Crippen LogP contribution in [0.25, 0.3) is 0 Å². The van der Waals surface area contributed by atoms with E-state index in [4.69, 9.17) is 9.47 Å². The van der Waals surface area contributed by atoms with E-state index in [2.05, 4.69) is 15.0 Å². The predicted octanol–water partition coefficient (Wildman–Crippen LogP) is 2.04. The molecule has 0 saturated carbocycles. The van der Waals surface area contributed by atoms with E-state index in [-0.39, 0.29) is 17.2 Å². The molecular weight excluding hydrogens is 352 g/mol. The van der Waals surface area contributed by atoms with E-state index in [1.165, 1.54) is 16.4 Å². The van der Waals surface area contributed by atoms with Crippen molar-refractivity contribution in [1.82, 2.24) is 19.7 Å². The number of morpholine rings is 1. The lowest BCUT2D eigenvalue weighted by Crippen LogP contribution is -2.44.